The van der Waals surface area contributed by atoms with Crippen LogP contribution in [-0.4, -0.2) is 105 Å². The Morgan fingerprint density at radius 2 is 1.00 bits per heavy atom. The van der Waals surface area contributed by atoms with Gasteiger partial charge in [-0.1, -0.05) is 69.7 Å². The van der Waals surface area contributed by atoms with Crippen molar-refractivity contribution in [1.82, 2.24) is 29.6 Å². The number of hydrogen-bond donors (Lipinski definition) is 2. The van der Waals surface area contributed by atoms with Crippen LogP contribution in [0.1, 0.15) is 58.5 Å². The van der Waals surface area contributed by atoms with Crippen LogP contribution in [0.25, 0.3) is 21.8 Å². The summed E-state index contributed by atoms with van der Waals surface area (Å²) < 4.78 is 66.7. The van der Waals surface area contributed by atoms with Crippen LogP contribution in [-0.2, 0) is 59.0 Å². The summed E-state index contributed by atoms with van der Waals surface area (Å²) in [4.78, 5) is 81.2. The Balaban J connectivity index is 0.829. The summed E-state index contributed by atoms with van der Waals surface area (Å²) in [6.07, 6.45) is 0.0337. The molecule has 4 heterocycles. The van der Waals surface area contributed by atoms with Gasteiger partial charge in [0.05, 0.1) is 13.1 Å². The van der Waals surface area contributed by atoms with Crippen LogP contribution < -0.4 is 20.1 Å². The van der Waals surface area contributed by atoms with Crippen LogP contribution in [0, 0.1) is 0 Å². The Bertz CT molecular complexity index is 2750. The van der Waals surface area contributed by atoms with Crippen molar-refractivity contribution >= 4 is 65.3 Å². The normalized spacial score (nSPS) is 17.7. The van der Waals surface area contributed by atoms with Crippen LogP contribution in [0.4, 0.5) is 8.78 Å². The molecule has 2 aliphatic rings. The maximum Gasteiger partial charge on any atom is 0.704 e. The van der Waals surface area contributed by atoms with Gasteiger partial charge in [-0.2, -0.15) is 0 Å². The number of aromatic nitrogens is 2. The van der Waals surface area contributed by atoms with E-state index < -0.39 is 69.9 Å². The second-order valence-corrected chi connectivity index (χ2v) is 18.0. The third-order valence-corrected chi connectivity index (χ3v) is 12.8. The third-order valence-electron chi connectivity index (χ3n) is 12.2. The average Bonchev–Trinajstić information content (AvgIpc) is 4.13. The van der Waals surface area contributed by atoms with Gasteiger partial charge < -0.3 is 39.0 Å². The van der Waals surface area contributed by atoms with Gasteiger partial charge in [0.2, 0.25) is 37.2 Å². The molecule has 0 spiro atoms. The van der Waals surface area contributed by atoms with E-state index in [1.165, 1.54) is 36.0 Å². The van der Waals surface area contributed by atoms with E-state index in [0.29, 0.717) is 21.8 Å². The number of hydrogen-bond acceptors (Lipinski definition) is 11. The highest BCUT2D eigenvalue weighted by molar-refractivity contribution is 7.33. The predicted octanol–water partition coefficient (Wildman–Crippen LogP) is 6.58. The smallest absolute Gasteiger partial charge is 0.463 e. The van der Waals surface area contributed by atoms with Gasteiger partial charge in [-0.3, -0.25) is 28.8 Å². The minimum Gasteiger partial charge on any atom is -0.463 e. The summed E-state index contributed by atoms with van der Waals surface area (Å²) in [5.74, 6) is -2.00. The van der Waals surface area contributed by atoms with Crippen LogP contribution >= 0.6 is 8.25 Å². The SMILES string of the molecule is CC(=O)c1cn(CC(=O)N2C[C@H](F)C[C@H]2C(=O)NCc2ccccc2)c2ccc(OCO[P+](=O)OCOc3ccc4c(c3)c(C(C)=O)cn4CC(=O)N3C[C@H](F)C[C@H]3C(=O)NCc3ccccc3)cc12. The van der Waals surface area contributed by atoms with Crippen molar-refractivity contribution in [3.8, 4) is 11.5 Å². The highest BCUT2D eigenvalue weighted by atomic mass is 31.1. The quantitative estimate of drug-likeness (QED) is 0.0477. The summed E-state index contributed by atoms with van der Waals surface area (Å²) in [6.45, 7) is 1.16. The number of nitrogens with one attached hydrogen (secondary N) is 2. The van der Waals surface area contributed by atoms with E-state index in [1.54, 1.807) is 45.5 Å². The maximum atomic E-state index is 14.6. The van der Waals surface area contributed by atoms with Gasteiger partial charge in [0.1, 0.15) is 49.0 Å². The molecule has 2 saturated heterocycles. The topological polar surface area (TPSA) is 197 Å². The van der Waals surface area contributed by atoms with E-state index in [1.807, 2.05) is 60.7 Å². The molecule has 4 aromatic carbocycles. The maximum absolute atomic E-state index is 14.6. The van der Waals surface area contributed by atoms with E-state index >= 15 is 0 Å². The van der Waals surface area contributed by atoms with E-state index in [-0.39, 0.29) is 86.3 Å². The number of Topliss-reactive ketones (excluding diaryl/α,β-unsaturated/α-hetero) is 2. The van der Waals surface area contributed by atoms with E-state index in [0.717, 1.165) is 11.1 Å². The molecule has 17 nitrogen and oxygen atoms in total. The molecule has 4 amide bonds. The van der Waals surface area contributed by atoms with Crippen LogP contribution in [0.3, 0.4) is 0 Å². The first kappa shape index (κ1) is 49.1. The van der Waals surface area contributed by atoms with Gasteiger partial charge in [-0.15, -0.1) is 0 Å². The number of ether oxygens (including phenoxy) is 2. The molecule has 0 aliphatic carbocycles. The number of likely N-dealkylation sites (tertiary alicyclic amines) is 2. The zero-order valence-corrected chi connectivity index (χ0v) is 39.1. The molecular formula is C50H50F2N6O11P+. The zero-order valence-electron chi connectivity index (χ0n) is 38.3. The van der Waals surface area contributed by atoms with E-state index in [4.69, 9.17) is 18.5 Å². The fourth-order valence-corrected chi connectivity index (χ4v) is 9.12. The Morgan fingerprint density at radius 3 is 1.39 bits per heavy atom. The zero-order chi connectivity index (χ0) is 49.5. The largest absolute Gasteiger partial charge is 0.704 e. The number of rotatable bonds is 20. The molecule has 0 saturated carbocycles. The predicted molar refractivity (Wildman–Crippen MR) is 251 cm³/mol. The Morgan fingerprint density at radius 1 is 0.600 bits per heavy atom. The van der Waals surface area contributed by atoms with Crippen molar-refractivity contribution in [2.75, 3.05) is 26.7 Å². The number of alkyl halides is 2. The minimum atomic E-state index is -2.76. The molecule has 0 radical (unpaired) electrons. The number of halogens is 2. The summed E-state index contributed by atoms with van der Waals surface area (Å²) in [5.41, 5.74) is 3.30. The summed E-state index contributed by atoms with van der Waals surface area (Å²) in [6, 6.07) is 26.0. The summed E-state index contributed by atoms with van der Waals surface area (Å²) >= 11 is 0. The first-order chi connectivity index (χ1) is 33.7. The molecule has 8 rings (SSSR count). The molecule has 2 fully saturated rings. The van der Waals surface area contributed by atoms with Gasteiger partial charge >= 0.3 is 8.25 Å². The van der Waals surface area contributed by atoms with Gasteiger partial charge in [-0.25, -0.2) is 8.78 Å². The fourth-order valence-electron chi connectivity index (χ4n) is 8.76. The minimum absolute atomic E-state index is 0.128. The number of fused-ring (bicyclic) bond motifs is 2. The number of benzene rings is 4. The molecule has 4 atom stereocenters. The Labute approximate surface area is 401 Å². The van der Waals surface area contributed by atoms with Gasteiger partial charge in [0.25, 0.3) is 0 Å². The Hall–Kier alpha value is -7.34. The molecule has 2 aliphatic heterocycles. The lowest BCUT2D eigenvalue weighted by molar-refractivity contribution is -0.139. The van der Waals surface area contributed by atoms with Crippen LogP contribution in [0.15, 0.2) is 109 Å². The molecular weight excluding hydrogens is 930 g/mol. The molecule has 70 heavy (non-hydrogen) atoms. The Kier molecular flexibility index (Phi) is 15.4. The monoisotopic (exact) mass is 979 g/mol. The third kappa shape index (κ3) is 11.6. The molecule has 20 heteroatoms. The summed E-state index contributed by atoms with van der Waals surface area (Å²) in [5, 5.41) is 6.50. The number of nitrogens with zero attached hydrogens (tertiary/aromatic N) is 4. The molecule has 0 bridgehead atoms. The van der Waals surface area contributed by atoms with E-state index in [2.05, 4.69) is 10.6 Å². The lowest BCUT2D eigenvalue weighted by Crippen LogP contribution is -2.46. The molecule has 364 valence electrons. The van der Waals surface area contributed by atoms with E-state index in [9.17, 15) is 42.1 Å². The van der Waals surface area contributed by atoms with Crippen molar-refractivity contribution < 1.29 is 60.6 Å². The van der Waals surface area contributed by atoms with Crippen molar-refractivity contribution in [2.45, 2.75) is 77.3 Å². The molecule has 6 aromatic rings. The van der Waals surface area contributed by atoms with Crippen molar-refractivity contribution in [1.29, 1.82) is 0 Å². The highest BCUT2D eigenvalue weighted by Crippen LogP contribution is 2.32. The number of ketones is 2. The van der Waals surface area contributed by atoms with Gasteiger partial charge in [0, 0.05) is 75.8 Å². The number of amides is 4. The lowest BCUT2D eigenvalue weighted by atomic mass is 10.1. The van der Waals surface area contributed by atoms with Crippen molar-refractivity contribution in [3.63, 3.8) is 0 Å². The molecule has 2 aromatic heterocycles. The number of carbonyl (C=O) groups is 6. The van der Waals surface area contributed by atoms with Crippen LogP contribution in [0.2, 0.25) is 0 Å². The standard InChI is InChI=1S/C50H49F2N6O11P/c1-31(59)41-25-55(27-47(61)57-23-35(51)17-45(57)49(63)53-21-33-9-5-3-6-10-33)43-15-13-37(19-39(41)43)66-29-68-70(65)69-30-67-38-14-16-44-40(20-38)42(32(2)60)26-56(44)28-48(62)58-24-36(52)18-46(58)50(64)54-22-34-11-7-4-8-12-34/h3-16,19-20,25-26,35-36,45-46H,17-18,21-24,27-30H2,1-2H3,(H-,53,54,63,64)/p+1/t35-,36-,45+,46+/m1/s1. The molecule has 0 unspecified atom stereocenters. The fraction of sp³-hybridized carbons (Fsp3) is 0.320. The van der Waals surface area contributed by atoms with Gasteiger partial charge in [0.15, 0.2) is 11.6 Å². The first-order valence-corrected chi connectivity index (χ1v) is 23.6. The van der Waals surface area contributed by atoms with Crippen LogP contribution in [0.5, 0.6) is 11.5 Å². The average molecular weight is 980 g/mol. The van der Waals surface area contributed by atoms with Gasteiger partial charge in [-0.05, 0) is 61.4 Å². The first-order valence-electron chi connectivity index (χ1n) is 22.5. The molecule has 2 N–H and O–H groups in total. The highest BCUT2D eigenvalue weighted by Gasteiger charge is 2.41. The second-order valence-electron chi connectivity index (χ2n) is 17.0. The lowest BCUT2D eigenvalue weighted by Gasteiger charge is -2.24. The van der Waals surface area contributed by atoms with Crippen molar-refractivity contribution in [3.05, 3.63) is 132 Å². The summed E-state index contributed by atoms with van der Waals surface area (Å²) in [7, 11) is -2.76. The second kappa shape index (κ2) is 22.0. The number of carbonyl (C=O) groups excluding carboxylic acids is 6. The van der Waals surface area contributed by atoms with Crippen molar-refractivity contribution in [2.24, 2.45) is 0 Å².